The summed E-state index contributed by atoms with van der Waals surface area (Å²) >= 11 is 0. The van der Waals surface area contributed by atoms with E-state index >= 15 is 0 Å². The van der Waals surface area contributed by atoms with Gasteiger partial charge in [-0.05, 0) is 12.1 Å². The number of aromatic amines is 1. The second-order valence-corrected chi connectivity index (χ2v) is 3.86. The van der Waals surface area contributed by atoms with Crippen LogP contribution in [-0.2, 0) is 0 Å². The SMILES string of the molecule is O=c1ccn(-c2cnc3ccccn3c2=O)c(=O)[nH]1. The molecule has 0 radical (unpaired) electrons. The number of hydrogen-bond donors (Lipinski definition) is 1. The maximum absolute atomic E-state index is 12.2. The summed E-state index contributed by atoms with van der Waals surface area (Å²) in [6.45, 7) is 0. The number of hydrogen-bond acceptors (Lipinski definition) is 4. The summed E-state index contributed by atoms with van der Waals surface area (Å²) in [5.74, 6) is 0. The molecular formula is C12H8N4O3. The zero-order valence-corrected chi connectivity index (χ0v) is 9.61. The maximum atomic E-state index is 12.2. The summed E-state index contributed by atoms with van der Waals surface area (Å²) in [4.78, 5) is 41.1. The lowest BCUT2D eigenvalue weighted by Gasteiger charge is -2.05. The van der Waals surface area contributed by atoms with Crippen LogP contribution in [0.3, 0.4) is 0 Å². The van der Waals surface area contributed by atoms with Gasteiger partial charge in [-0.2, -0.15) is 0 Å². The molecule has 0 amide bonds. The fraction of sp³-hybridized carbons (Fsp3) is 0. The van der Waals surface area contributed by atoms with Crippen molar-refractivity contribution in [3.05, 3.63) is 74.0 Å². The molecule has 3 rings (SSSR count). The minimum atomic E-state index is -0.678. The number of pyridine rings is 1. The van der Waals surface area contributed by atoms with E-state index in [-0.39, 0.29) is 11.2 Å². The molecule has 1 N–H and O–H groups in total. The molecule has 0 aliphatic rings. The highest BCUT2D eigenvalue weighted by atomic mass is 16.2. The monoisotopic (exact) mass is 256 g/mol. The van der Waals surface area contributed by atoms with Gasteiger partial charge in [0.05, 0.1) is 6.20 Å². The quantitative estimate of drug-likeness (QED) is 0.637. The molecule has 3 aromatic heterocycles. The highest BCUT2D eigenvalue weighted by molar-refractivity contribution is 5.41. The van der Waals surface area contributed by atoms with Gasteiger partial charge in [-0.15, -0.1) is 0 Å². The first kappa shape index (κ1) is 11.1. The Balaban J connectivity index is 2.38. The van der Waals surface area contributed by atoms with Crippen molar-refractivity contribution in [2.75, 3.05) is 0 Å². The van der Waals surface area contributed by atoms with Crippen molar-refractivity contribution >= 4 is 5.65 Å². The average molecular weight is 256 g/mol. The summed E-state index contributed by atoms with van der Waals surface area (Å²) in [5, 5.41) is 0. The van der Waals surface area contributed by atoms with Crippen molar-refractivity contribution in [3.8, 4) is 5.69 Å². The Labute approximate surface area is 105 Å². The Morgan fingerprint density at radius 2 is 1.89 bits per heavy atom. The van der Waals surface area contributed by atoms with E-state index in [1.165, 1.54) is 22.9 Å². The van der Waals surface area contributed by atoms with Crippen LogP contribution in [0, 0.1) is 0 Å². The van der Waals surface area contributed by atoms with Gasteiger partial charge >= 0.3 is 5.69 Å². The number of aromatic nitrogens is 4. The summed E-state index contributed by atoms with van der Waals surface area (Å²) in [7, 11) is 0. The Hall–Kier alpha value is -2.96. The maximum Gasteiger partial charge on any atom is 0.333 e. The first-order valence-electron chi connectivity index (χ1n) is 5.45. The van der Waals surface area contributed by atoms with Gasteiger partial charge in [0.25, 0.3) is 11.1 Å². The van der Waals surface area contributed by atoms with E-state index in [0.29, 0.717) is 5.65 Å². The molecule has 19 heavy (non-hydrogen) atoms. The number of H-pyrrole nitrogens is 1. The lowest BCUT2D eigenvalue weighted by Crippen LogP contribution is -2.32. The van der Waals surface area contributed by atoms with Crippen molar-refractivity contribution in [1.29, 1.82) is 0 Å². The number of fused-ring (bicyclic) bond motifs is 1. The van der Waals surface area contributed by atoms with Gasteiger partial charge in [0.1, 0.15) is 11.3 Å². The van der Waals surface area contributed by atoms with E-state index in [0.717, 1.165) is 4.57 Å². The van der Waals surface area contributed by atoms with Crippen LogP contribution in [0.25, 0.3) is 11.3 Å². The second kappa shape index (κ2) is 4.05. The predicted octanol–water partition coefficient (Wildman–Crippen LogP) is -0.466. The van der Waals surface area contributed by atoms with Crippen molar-refractivity contribution in [2.45, 2.75) is 0 Å². The van der Waals surface area contributed by atoms with E-state index < -0.39 is 11.2 Å². The van der Waals surface area contributed by atoms with Crippen molar-refractivity contribution in [1.82, 2.24) is 18.9 Å². The number of rotatable bonds is 1. The molecule has 0 saturated heterocycles. The summed E-state index contributed by atoms with van der Waals surface area (Å²) in [6.07, 6.45) is 4.11. The molecule has 0 fully saturated rings. The van der Waals surface area contributed by atoms with Gasteiger partial charge in [0, 0.05) is 18.5 Å². The lowest BCUT2D eigenvalue weighted by molar-refractivity contribution is 0.862. The molecule has 94 valence electrons. The van der Waals surface area contributed by atoms with Crippen molar-refractivity contribution < 1.29 is 0 Å². The topological polar surface area (TPSA) is 89.2 Å². The fourth-order valence-electron chi connectivity index (χ4n) is 1.79. The third-order valence-electron chi connectivity index (χ3n) is 2.68. The highest BCUT2D eigenvalue weighted by Gasteiger charge is 2.08. The van der Waals surface area contributed by atoms with E-state index in [1.54, 1.807) is 24.4 Å². The van der Waals surface area contributed by atoms with Crippen LogP contribution in [-0.4, -0.2) is 18.9 Å². The Morgan fingerprint density at radius 1 is 1.05 bits per heavy atom. The number of nitrogens with one attached hydrogen (secondary N) is 1. The standard InChI is InChI=1S/C12H8N4O3/c17-10-4-6-15(12(19)14-10)8-7-13-9-3-1-2-5-16(9)11(8)18/h1-7H,(H,14,17,19). The van der Waals surface area contributed by atoms with Crippen LogP contribution in [0.1, 0.15) is 0 Å². The molecular weight excluding hydrogens is 248 g/mol. The largest absolute Gasteiger partial charge is 0.333 e. The molecule has 0 saturated carbocycles. The lowest BCUT2D eigenvalue weighted by atomic mass is 10.4. The summed E-state index contributed by atoms with van der Waals surface area (Å²) < 4.78 is 2.38. The molecule has 7 nitrogen and oxygen atoms in total. The summed E-state index contributed by atoms with van der Waals surface area (Å²) in [6, 6.07) is 6.30. The molecule has 0 spiro atoms. The summed E-state index contributed by atoms with van der Waals surface area (Å²) in [5.41, 5.74) is -1.03. The molecule has 7 heteroatoms. The molecule has 0 aliphatic carbocycles. The van der Waals surface area contributed by atoms with E-state index in [1.807, 2.05) is 0 Å². The van der Waals surface area contributed by atoms with Crippen LogP contribution in [0.2, 0.25) is 0 Å². The van der Waals surface area contributed by atoms with E-state index in [9.17, 15) is 14.4 Å². The smallest absolute Gasteiger partial charge is 0.274 e. The van der Waals surface area contributed by atoms with Crippen LogP contribution < -0.4 is 16.8 Å². The van der Waals surface area contributed by atoms with Gasteiger partial charge in [0.2, 0.25) is 0 Å². The van der Waals surface area contributed by atoms with Gasteiger partial charge in [0.15, 0.2) is 0 Å². The number of nitrogens with zero attached hydrogens (tertiary/aromatic N) is 3. The van der Waals surface area contributed by atoms with Crippen molar-refractivity contribution in [2.24, 2.45) is 0 Å². The normalized spacial score (nSPS) is 10.7. The zero-order valence-electron chi connectivity index (χ0n) is 9.61. The minimum Gasteiger partial charge on any atom is -0.274 e. The first-order valence-corrected chi connectivity index (χ1v) is 5.45. The van der Waals surface area contributed by atoms with E-state index in [2.05, 4.69) is 9.97 Å². The fourth-order valence-corrected chi connectivity index (χ4v) is 1.79. The highest BCUT2D eigenvalue weighted by Crippen LogP contribution is 1.99. The van der Waals surface area contributed by atoms with Crippen molar-refractivity contribution in [3.63, 3.8) is 0 Å². The molecule has 0 bridgehead atoms. The minimum absolute atomic E-state index is 0.0740. The van der Waals surface area contributed by atoms with Gasteiger partial charge in [-0.25, -0.2) is 9.78 Å². The third kappa shape index (κ3) is 1.77. The second-order valence-electron chi connectivity index (χ2n) is 3.86. The third-order valence-corrected chi connectivity index (χ3v) is 2.68. The molecule has 0 unspecified atom stereocenters. The zero-order chi connectivity index (χ0) is 13.4. The van der Waals surface area contributed by atoms with Gasteiger partial charge in [-0.3, -0.25) is 23.5 Å². The first-order chi connectivity index (χ1) is 9.16. The van der Waals surface area contributed by atoms with Crippen LogP contribution >= 0.6 is 0 Å². The van der Waals surface area contributed by atoms with Crippen LogP contribution in [0.15, 0.2) is 57.2 Å². The Morgan fingerprint density at radius 3 is 2.68 bits per heavy atom. The molecule has 0 aromatic carbocycles. The Bertz CT molecular complexity index is 936. The van der Waals surface area contributed by atoms with Crippen LogP contribution in [0.5, 0.6) is 0 Å². The van der Waals surface area contributed by atoms with Gasteiger partial charge in [-0.1, -0.05) is 6.07 Å². The van der Waals surface area contributed by atoms with Gasteiger partial charge < -0.3 is 0 Å². The molecule has 3 heterocycles. The van der Waals surface area contributed by atoms with Crippen LogP contribution in [0.4, 0.5) is 0 Å². The molecule has 3 aromatic rings. The molecule has 0 atom stereocenters. The molecule has 0 aliphatic heterocycles. The van der Waals surface area contributed by atoms with E-state index in [4.69, 9.17) is 0 Å². The Kier molecular flexibility index (Phi) is 2.38. The predicted molar refractivity (Wildman–Crippen MR) is 67.7 cm³/mol. The average Bonchev–Trinajstić information content (AvgIpc) is 2.41.